The lowest BCUT2D eigenvalue weighted by Gasteiger charge is -2.26. The van der Waals surface area contributed by atoms with Crippen LogP contribution in [0.25, 0.3) is 0 Å². The molecule has 0 aliphatic heterocycles. The molecule has 30 heavy (non-hydrogen) atoms. The quantitative estimate of drug-likeness (QED) is 0.260. The maximum absolute atomic E-state index is 10.6. The third-order valence-corrected chi connectivity index (χ3v) is 6.30. The van der Waals surface area contributed by atoms with Crippen LogP contribution in [0.1, 0.15) is 106 Å². The van der Waals surface area contributed by atoms with Crippen LogP contribution < -0.4 is 0 Å². The van der Waals surface area contributed by atoms with Crippen molar-refractivity contribution in [3.8, 4) is 0 Å². The Bertz CT molecular complexity index is 734. The summed E-state index contributed by atoms with van der Waals surface area (Å²) in [6.07, 6.45) is 6.55. The smallest absolute Gasteiger partial charge is 0.316 e. The molecule has 2 rings (SSSR count). The lowest BCUT2D eigenvalue weighted by Crippen LogP contribution is -2.09. The standard InChI is InChI=1S/C26H39O3P/c1-20(2)22-14-9-11-17-24(22)26(25-18-12-10-15-23(25)21(3)4)16-8-6-5-7-13-19-29-30(27)28/h9-12,14-15,17-18,20-21,26,30H,5-8,13,16,19H2,1-4H3,(H,27,28). The third-order valence-electron chi connectivity index (χ3n) is 5.85. The van der Waals surface area contributed by atoms with Gasteiger partial charge in [0.1, 0.15) is 0 Å². The Hall–Kier alpha value is -1.41. The van der Waals surface area contributed by atoms with Crippen LogP contribution in [0.15, 0.2) is 48.5 Å². The zero-order chi connectivity index (χ0) is 21.9. The lowest BCUT2D eigenvalue weighted by atomic mass is 9.78. The molecule has 0 saturated heterocycles. The minimum absolute atomic E-state index is 0.389. The Morgan fingerprint density at radius 3 is 1.63 bits per heavy atom. The van der Waals surface area contributed by atoms with Crippen LogP contribution in [0.5, 0.6) is 0 Å². The minimum Gasteiger partial charge on any atom is -0.326 e. The first-order valence-electron chi connectivity index (χ1n) is 11.4. The van der Waals surface area contributed by atoms with Gasteiger partial charge in [0.05, 0.1) is 6.61 Å². The largest absolute Gasteiger partial charge is 0.326 e. The molecule has 166 valence electrons. The van der Waals surface area contributed by atoms with Gasteiger partial charge >= 0.3 is 8.25 Å². The fraction of sp³-hybridized carbons (Fsp3) is 0.538. The van der Waals surface area contributed by atoms with E-state index in [2.05, 4.69) is 76.2 Å². The molecule has 0 fully saturated rings. The summed E-state index contributed by atoms with van der Waals surface area (Å²) in [5, 5.41) is 0. The second-order valence-corrected chi connectivity index (χ2v) is 9.61. The van der Waals surface area contributed by atoms with E-state index in [-0.39, 0.29) is 0 Å². The van der Waals surface area contributed by atoms with Crippen LogP contribution in [-0.2, 0) is 9.09 Å². The van der Waals surface area contributed by atoms with Crippen molar-refractivity contribution in [1.82, 2.24) is 0 Å². The van der Waals surface area contributed by atoms with Gasteiger partial charge < -0.3 is 9.42 Å². The average Bonchev–Trinajstić information content (AvgIpc) is 2.72. The van der Waals surface area contributed by atoms with Crippen molar-refractivity contribution in [2.45, 2.75) is 84.0 Å². The van der Waals surface area contributed by atoms with Crippen LogP contribution in [0.3, 0.4) is 0 Å². The summed E-state index contributed by atoms with van der Waals surface area (Å²) in [5.41, 5.74) is 5.86. The monoisotopic (exact) mass is 430 g/mol. The van der Waals surface area contributed by atoms with E-state index in [0.717, 1.165) is 25.7 Å². The molecule has 0 aliphatic carbocycles. The van der Waals surface area contributed by atoms with Crippen LogP contribution in [0, 0.1) is 0 Å². The van der Waals surface area contributed by atoms with Crippen molar-refractivity contribution < 1.29 is 14.0 Å². The number of unbranched alkanes of at least 4 members (excludes halogenated alkanes) is 4. The molecule has 3 nitrogen and oxygen atoms in total. The summed E-state index contributed by atoms with van der Waals surface area (Å²) in [5.74, 6) is 1.44. The van der Waals surface area contributed by atoms with Crippen LogP contribution in [0.4, 0.5) is 0 Å². The molecule has 1 atom stereocenters. The molecule has 1 unspecified atom stereocenters. The van der Waals surface area contributed by atoms with Gasteiger partial charge in [0, 0.05) is 5.92 Å². The van der Waals surface area contributed by atoms with Gasteiger partial charge in [-0.15, -0.1) is 0 Å². The topological polar surface area (TPSA) is 46.5 Å². The third kappa shape index (κ3) is 7.69. The minimum atomic E-state index is -2.78. The van der Waals surface area contributed by atoms with Crippen LogP contribution in [-0.4, -0.2) is 11.5 Å². The number of hydrogen-bond acceptors (Lipinski definition) is 2. The van der Waals surface area contributed by atoms with Gasteiger partial charge in [-0.2, -0.15) is 0 Å². The molecule has 2 aromatic carbocycles. The van der Waals surface area contributed by atoms with E-state index in [9.17, 15) is 4.57 Å². The Kier molecular flexibility index (Phi) is 10.9. The van der Waals surface area contributed by atoms with Gasteiger partial charge in [-0.05, 0) is 46.9 Å². The predicted molar refractivity (Wildman–Crippen MR) is 128 cm³/mol. The number of hydrogen-bond donors (Lipinski definition) is 1. The van der Waals surface area contributed by atoms with E-state index in [1.807, 2.05) is 0 Å². The first-order chi connectivity index (χ1) is 14.4. The lowest BCUT2D eigenvalue weighted by molar-refractivity contribution is 0.273. The normalized spacial score (nSPS) is 12.8. The van der Waals surface area contributed by atoms with Crippen molar-refractivity contribution in [3.63, 3.8) is 0 Å². The Balaban J connectivity index is 2.12. The highest BCUT2D eigenvalue weighted by molar-refractivity contribution is 7.32. The van der Waals surface area contributed by atoms with E-state index in [0.29, 0.717) is 24.4 Å². The molecular weight excluding hydrogens is 391 g/mol. The van der Waals surface area contributed by atoms with Crippen molar-refractivity contribution >= 4 is 8.25 Å². The van der Waals surface area contributed by atoms with Crippen LogP contribution >= 0.6 is 8.25 Å². The molecular formula is C26H39O3P. The van der Waals surface area contributed by atoms with E-state index in [4.69, 9.17) is 9.42 Å². The highest BCUT2D eigenvalue weighted by Crippen LogP contribution is 2.38. The van der Waals surface area contributed by atoms with Crippen LogP contribution in [0.2, 0.25) is 0 Å². The fourth-order valence-electron chi connectivity index (χ4n) is 4.33. The Labute approximate surface area is 183 Å². The van der Waals surface area contributed by atoms with Crippen molar-refractivity contribution in [1.29, 1.82) is 0 Å². The van der Waals surface area contributed by atoms with Crippen molar-refractivity contribution in [3.05, 3.63) is 70.8 Å². The molecule has 0 saturated carbocycles. The van der Waals surface area contributed by atoms with Gasteiger partial charge in [-0.3, -0.25) is 4.57 Å². The molecule has 1 N–H and O–H groups in total. The Morgan fingerprint density at radius 2 is 1.17 bits per heavy atom. The maximum Gasteiger partial charge on any atom is 0.316 e. The number of benzene rings is 2. The van der Waals surface area contributed by atoms with Gasteiger partial charge in [0.15, 0.2) is 0 Å². The maximum atomic E-state index is 10.6. The first kappa shape index (κ1) is 24.9. The van der Waals surface area contributed by atoms with E-state index < -0.39 is 8.25 Å². The zero-order valence-corrected chi connectivity index (χ0v) is 20.1. The van der Waals surface area contributed by atoms with E-state index in [1.54, 1.807) is 0 Å². The molecule has 2 aromatic rings. The van der Waals surface area contributed by atoms with Gasteiger partial charge in [-0.25, -0.2) is 0 Å². The van der Waals surface area contributed by atoms with Crippen molar-refractivity contribution in [2.75, 3.05) is 6.61 Å². The van der Waals surface area contributed by atoms with E-state index >= 15 is 0 Å². The molecule has 0 spiro atoms. The highest BCUT2D eigenvalue weighted by Gasteiger charge is 2.21. The second kappa shape index (κ2) is 13.1. The predicted octanol–water partition coefficient (Wildman–Crippen LogP) is 7.80. The summed E-state index contributed by atoms with van der Waals surface area (Å²) in [6, 6.07) is 17.9. The molecule has 0 aromatic heterocycles. The first-order valence-corrected chi connectivity index (χ1v) is 12.7. The van der Waals surface area contributed by atoms with Gasteiger partial charge in [-0.1, -0.05) is 102 Å². The molecule has 0 radical (unpaired) electrons. The summed E-state index contributed by atoms with van der Waals surface area (Å²) in [6.45, 7) is 9.53. The molecule has 0 heterocycles. The van der Waals surface area contributed by atoms with Gasteiger partial charge in [0.25, 0.3) is 0 Å². The SMILES string of the molecule is CC(C)c1ccccc1C(CCCCCCCO[PH](=O)O)c1ccccc1C(C)C. The van der Waals surface area contributed by atoms with E-state index in [1.165, 1.54) is 35.1 Å². The fourth-order valence-corrected chi connectivity index (χ4v) is 4.65. The Morgan fingerprint density at radius 1 is 0.733 bits per heavy atom. The summed E-state index contributed by atoms with van der Waals surface area (Å²) in [4.78, 5) is 8.72. The van der Waals surface area contributed by atoms with Crippen molar-refractivity contribution in [2.24, 2.45) is 0 Å². The molecule has 4 heteroatoms. The number of rotatable bonds is 13. The summed E-state index contributed by atoms with van der Waals surface area (Å²) in [7, 11) is -2.78. The summed E-state index contributed by atoms with van der Waals surface area (Å²) < 4.78 is 15.4. The molecule has 0 amide bonds. The average molecular weight is 431 g/mol. The second-order valence-electron chi connectivity index (χ2n) is 8.79. The van der Waals surface area contributed by atoms with Gasteiger partial charge in [0.2, 0.25) is 0 Å². The molecule has 0 aliphatic rings. The highest BCUT2D eigenvalue weighted by atomic mass is 31.1. The zero-order valence-electron chi connectivity index (χ0n) is 19.1. The summed E-state index contributed by atoms with van der Waals surface area (Å²) >= 11 is 0. The molecule has 0 bridgehead atoms.